The molecule has 0 aromatic heterocycles. The molecule has 1 atom stereocenters. The number of ether oxygens (including phenoxy) is 1. The molecule has 0 spiro atoms. The summed E-state index contributed by atoms with van der Waals surface area (Å²) in [7, 11) is 0.815. The number of carbonyl (C=O) groups is 1. The van der Waals surface area contributed by atoms with Crippen molar-refractivity contribution in [1.82, 2.24) is 0 Å². The summed E-state index contributed by atoms with van der Waals surface area (Å²) in [5.41, 5.74) is 0. The third-order valence-electron chi connectivity index (χ3n) is 3.71. The highest BCUT2D eigenvalue weighted by Gasteiger charge is 2.01. The SMILES string of the molecule is CCCCCCCCS(=O)CCCCCCCC(=O)OC. The van der Waals surface area contributed by atoms with Gasteiger partial charge in [-0.05, 0) is 19.3 Å². The minimum absolute atomic E-state index is 0.116. The zero-order valence-corrected chi connectivity index (χ0v) is 14.8. The minimum atomic E-state index is -0.617. The predicted octanol–water partition coefficient (Wildman–Crippen LogP) is 4.61. The van der Waals surface area contributed by atoms with Gasteiger partial charge in [-0.15, -0.1) is 0 Å². The van der Waals surface area contributed by atoms with Gasteiger partial charge in [0.2, 0.25) is 0 Å². The summed E-state index contributed by atoms with van der Waals surface area (Å²) in [6.07, 6.45) is 13.4. The molecule has 0 aliphatic rings. The van der Waals surface area contributed by atoms with E-state index in [0.29, 0.717) is 6.42 Å². The van der Waals surface area contributed by atoms with Crippen LogP contribution in [0.4, 0.5) is 0 Å². The van der Waals surface area contributed by atoms with E-state index >= 15 is 0 Å². The lowest BCUT2D eigenvalue weighted by molar-refractivity contribution is -0.140. The highest BCUT2D eigenvalue weighted by atomic mass is 32.2. The summed E-state index contributed by atoms with van der Waals surface area (Å²) in [5, 5.41) is 0. The molecule has 0 aromatic carbocycles. The Kier molecular flexibility index (Phi) is 15.7. The van der Waals surface area contributed by atoms with Crippen LogP contribution in [0.25, 0.3) is 0 Å². The van der Waals surface area contributed by atoms with Gasteiger partial charge < -0.3 is 4.74 Å². The number of methoxy groups -OCH3 is 1. The van der Waals surface area contributed by atoms with Crippen LogP contribution in [0.2, 0.25) is 0 Å². The number of carbonyl (C=O) groups excluding carboxylic acids is 1. The first kappa shape index (κ1) is 20.6. The summed E-state index contributed by atoms with van der Waals surface area (Å²) in [6, 6.07) is 0. The average Bonchev–Trinajstić information content (AvgIpc) is 2.49. The van der Waals surface area contributed by atoms with Crippen molar-refractivity contribution >= 4 is 16.8 Å². The van der Waals surface area contributed by atoms with Crippen LogP contribution in [0.15, 0.2) is 0 Å². The lowest BCUT2D eigenvalue weighted by Gasteiger charge is -2.03. The van der Waals surface area contributed by atoms with Crippen molar-refractivity contribution in [3.05, 3.63) is 0 Å². The van der Waals surface area contributed by atoms with Crippen LogP contribution >= 0.6 is 0 Å². The molecule has 126 valence electrons. The fraction of sp³-hybridized carbons (Fsp3) is 0.941. The molecule has 0 fully saturated rings. The molecule has 0 aromatic rings. The second-order valence-corrected chi connectivity index (χ2v) is 7.41. The van der Waals surface area contributed by atoms with Gasteiger partial charge in [0.1, 0.15) is 0 Å². The van der Waals surface area contributed by atoms with Crippen LogP contribution in [0.1, 0.15) is 84.0 Å². The molecule has 21 heavy (non-hydrogen) atoms. The van der Waals surface area contributed by atoms with Crippen LogP contribution in [0.5, 0.6) is 0 Å². The van der Waals surface area contributed by atoms with Crippen molar-refractivity contribution in [2.45, 2.75) is 84.0 Å². The molecule has 3 nitrogen and oxygen atoms in total. The van der Waals surface area contributed by atoms with Gasteiger partial charge in [0.15, 0.2) is 0 Å². The van der Waals surface area contributed by atoms with Crippen molar-refractivity contribution in [1.29, 1.82) is 0 Å². The van der Waals surface area contributed by atoms with E-state index in [1.807, 2.05) is 0 Å². The molecule has 0 radical (unpaired) electrons. The van der Waals surface area contributed by atoms with Crippen molar-refractivity contribution < 1.29 is 13.7 Å². The van der Waals surface area contributed by atoms with Gasteiger partial charge >= 0.3 is 5.97 Å². The molecule has 0 N–H and O–H groups in total. The van der Waals surface area contributed by atoms with E-state index in [1.165, 1.54) is 39.2 Å². The summed E-state index contributed by atoms with van der Waals surface area (Å²) >= 11 is 0. The first-order valence-electron chi connectivity index (χ1n) is 8.62. The molecule has 0 rings (SSSR count). The molecule has 0 aliphatic carbocycles. The number of rotatable bonds is 15. The van der Waals surface area contributed by atoms with E-state index in [-0.39, 0.29) is 5.97 Å². The number of hydrogen-bond donors (Lipinski definition) is 0. The van der Waals surface area contributed by atoms with E-state index in [1.54, 1.807) is 0 Å². The Balaban J connectivity index is 3.21. The molecule has 0 saturated carbocycles. The molecular weight excluding hydrogens is 284 g/mol. The van der Waals surface area contributed by atoms with Gasteiger partial charge in [-0.2, -0.15) is 0 Å². The van der Waals surface area contributed by atoms with Crippen molar-refractivity contribution in [2.75, 3.05) is 18.6 Å². The monoisotopic (exact) mass is 318 g/mol. The van der Waals surface area contributed by atoms with E-state index in [9.17, 15) is 9.00 Å². The highest BCUT2D eigenvalue weighted by molar-refractivity contribution is 7.84. The van der Waals surface area contributed by atoms with Gasteiger partial charge in [0.05, 0.1) is 7.11 Å². The molecule has 0 amide bonds. The Morgan fingerprint density at radius 1 is 0.810 bits per heavy atom. The molecule has 0 aliphatic heterocycles. The summed E-state index contributed by atoms with van der Waals surface area (Å²) in [4.78, 5) is 10.9. The van der Waals surface area contributed by atoms with Crippen molar-refractivity contribution in [3.8, 4) is 0 Å². The molecule has 1 unspecified atom stereocenters. The molecule has 0 saturated heterocycles. The predicted molar refractivity (Wildman–Crippen MR) is 91.0 cm³/mol. The van der Waals surface area contributed by atoms with Gasteiger partial charge in [-0.1, -0.05) is 58.3 Å². The lowest BCUT2D eigenvalue weighted by Crippen LogP contribution is -2.03. The normalized spacial score (nSPS) is 12.3. The summed E-state index contributed by atoms with van der Waals surface area (Å²) in [6.45, 7) is 2.23. The zero-order chi connectivity index (χ0) is 15.8. The minimum Gasteiger partial charge on any atom is -0.469 e. The smallest absolute Gasteiger partial charge is 0.305 e. The van der Waals surface area contributed by atoms with Crippen molar-refractivity contribution in [3.63, 3.8) is 0 Å². The number of unbranched alkanes of at least 4 members (excludes halogenated alkanes) is 9. The quantitative estimate of drug-likeness (QED) is 0.327. The molecule has 0 bridgehead atoms. The Hall–Kier alpha value is -0.380. The van der Waals surface area contributed by atoms with E-state index < -0.39 is 10.8 Å². The Bertz CT molecular complexity index is 267. The van der Waals surface area contributed by atoms with Gasteiger partial charge in [-0.25, -0.2) is 0 Å². The lowest BCUT2D eigenvalue weighted by atomic mass is 10.1. The standard InChI is InChI=1S/C17H34O3S/c1-3-4-5-6-9-12-15-21(19)16-13-10-7-8-11-14-17(18)20-2/h3-16H2,1-2H3. The van der Waals surface area contributed by atoms with Crippen LogP contribution < -0.4 is 0 Å². The second kappa shape index (κ2) is 16.0. The van der Waals surface area contributed by atoms with Gasteiger partial charge in [0.25, 0.3) is 0 Å². The van der Waals surface area contributed by atoms with Crippen LogP contribution in [0, 0.1) is 0 Å². The first-order chi connectivity index (χ1) is 10.2. The molecule has 0 heterocycles. The maximum atomic E-state index is 11.8. The number of esters is 1. The first-order valence-corrected chi connectivity index (χ1v) is 10.1. The summed E-state index contributed by atoms with van der Waals surface area (Å²) in [5.74, 6) is 1.62. The Morgan fingerprint density at radius 3 is 1.81 bits per heavy atom. The van der Waals surface area contributed by atoms with E-state index in [4.69, 9.17) is 0 Å². The zero-order valence-electron chi connectivity index (χ0n) is 14.0. The van der Waals surface area contributed by atoms with Crippen LogP contribution in [0.3, 0.4) is 0 Å². The highest BCUT2D eigenvalue weighted by Crippen LogP contribution is 2.08. The van der Waals surface area contributed by atoms with Crippen LogP contribution in [-0.4, -0.2) is 28.8 Å². The Morgan fingerprint density at radius 2 is 1.29 bits per heavy atom. The fourth-order valence-corrected chi connectivity index (χ4v) is 3.57. The topological polar surface area (TPSA) is 43.4 Å². The third kappa shape index (κ3) is 15.8. The largest absolute Gasteiger partial charge is 0.469 e. The maximum Gasteiger partial charge on any atom is 0.305 e. The van der Waals surface area contributed by atoms with Crippen molar-refractivity contribution in [2.24, 2.45) is 0 Å². The van der Waals surface area contributed by atoms with Gasteiger partial charge in [0, 0.05) is 28.7 Å². The average molecular weight is 319 g/mol. The fourth-order valence-electron chi connectivity index (χ4n) is 2.31. The van der Waals surface area contributed by atoms with E-state index in [2.05, 4.69) is 11.7 Å². The van der Waals surface area contributed by atoms with Gasteiger partial charge in [-0.3, -0.25) is 9.00 Å². The van der Waals surface area contributed by atoms with E-state index in [0.717, 1.165) is 50.0 Å². The number of hydrogen-bond acceptors (Lipinski definition) is 3. The Labute approximate surface area is 133 Å². The summed E-state index contributed by atoms with van der Waals surface area (Å²) < 4.78 is 16.4. The molecular formula is C17H34O3S. The maximum absolute atomic E-state index is 11.8. The van der Waals surface area contributed by atoms with Crippen LogP contribution in [-0.2, 0) is 20.3 Å². The second-order valence-electron chi connectivity index (χ2n) is 5.71. The third-order valence-corrected chi connectivity index (χ3v) is 5.19. The molecule has 4 heteroatoms.